The van der Waals surface area contributed by atoms with E-state index in [1.165, 1.54) is 6.07 Å². The van der Waals surface area contributed by atoms with Crippen molar-refractivity contribution >= 4 is 17.5 Å². The zero-order chi connectivity index (χ0) is 14.7. The molecular formula is C17H16FNO2. The van der Waals surface area contributed by atoms with Gasteiger partial charge in [0.25, 0.3) is 0 Å². The van der Waals surface area contributed by atoms with Crippen LogP contribution in [0.2, 0.25) is 0 Å². The topological polar surface area (TPSA) is 37.4 Å². The molecule has 1 saturated carbocycles. The molecule has 1 aliphatic heterocycles. The van der Waals surface area contributed by atoms with E-state index in [0.717, 1.165) is 23.3 Å². The molecule has 4 aliphatic rings. The number of amides is 2. The van der Waals surface area contributed by atoms with Gasteiger partial charge in [0.05, 0.1) is 17.5 Å². The predicted molar refractivity (Wildman–Crippen MR) is 76.0 cm³/mol. The van der Waals surface area contributed by atoms with Crippen LogP contribution in [0.5, 0.6) is 0 Å². The van der Waals surface area contributed by atoms with Gasteiger partial charge in [0.2, 0.25) is 11.8 Å². The van der Waals surface area contributed by atoms with Crippen LogP contribution in [-0.4, -0.2) is 11.8 Å². The molecule has 21 heavy (non-hydrogen) atoms. The summed E-state index contributed by atoms with van der Waals surface area (Å²) in [7, 11) is 0. The van der Waals surface area contributed by atoms with Crippen molar-refractivity contribution in [2.45, 2.75) is 19.8 Å². The highest BCUT2D eigenvalue weighted by Gasteiger charge is 2.57. The van der Waals surface area contributed by atoms with Crippen LogP contribution in [-0.2, 0) is 9.59 Å². The minimum Gasteiger partial charge on any atom is -0.274 e. The van der Waals surface area contributed by atoms with Crippen LogP contribution >= 0.6 is 0 Å². The van der Waals surface area contributed by atoms with Crippen LogP contribution in [0.25, 0.3) is 0 Å². The fourth-order valence-electron chi connectivity index (χ4n) is 4.11. The van der Waals surface area contributed by atoms with Gasteiger partial charge in [-0.25, -0.2) is 9.29 Å². The monoisotopic (exact) mass is 285 g/mol. The summed E-state index contributed by atoms with van der Waals surface area (Å²) in [6, 6.07) is 4.54. The van der Waals surface area contributed by atoms with Crippen LogP contribution in [0.1, 0.15) is 18.4 Å². The fourth-order valence-corrected chi connectivity index (χ4v) is 4.11. The number of anilines is 1. The number of rotatable bonds is 1. The number of allylic oxidation sites excluding steroid dienone is 2. The van der Waals surface area contributed by atoms with E-state index in [1.54, 1.807) is 12.1 Å². The molecule has 1 saturated heterocycles. The summed E-state index contributed by atoms with van der Waals surface area (Å²) < 4.78 is 14.1. The number of benzene rings is 1. The lowest BCUT2D eigenvalue weighted by Gasteiger charge is -2.38. The number of nitrogens with zero attached hydrogens (tertiary/aromatic N) is 1. The van der Waals surface area contributed by atoms with Gasteiger partial charge < -0.3 is 0 Å². The van der Waals surface area contributed by atoms with Crippen molar-refractivity contribution < 1.29 is 14.0 Å². The van der Waals surface area contributed by atoms with Gasteiger partial charge >= 0.3 is 0 Å². The molecule has 4 heteroatoms. The Labute approximate surface area is 122 Å². The largest absolute Gasteiger partial charge is 0.274 e. The third-order valence-corrected chi connectivity index (χ3v) is 5.10. The zero-order valence-corrected chi connectivity index (χ0v) is 11.8. The molecule has 5 rings (SSSR count). The Balaban J connectivity index is 1.80. The van der Waals surface area contributed by atoms with Crippen LogP contribution < -0.4 is 4.90 Å². The highest BCUT2D eigenvalue weighted by Crippen LogP contribution is 2.50. The van der Waals surface area contributed by atoms with E-state index in [4.69, 9.17) is 0 Å². The normalized spacial score (nSPS) is 33.7. The molecule has 2 fully saturated rings. The maximum Gasteiger partial charge on any atom is 0.238 e. The molecule has 3 aliphatic carbocycles. The summed E-state index contributed by atoms with van der Waals surface area (Å²) in [6.07, 6.45) is 6.03. The molecular weight excluding hydrogens is 269 g/mol. The van der Waals surface area contributed by atoms with Gasteiger partial charge in [0.15, 0.2) is 0 Å². The SMILES string of the molecule is Cc1ccc(F)c(N2C(=O)[C@@H]3[C@H](C2=O)[C@@H]2C=C[C@H]3CC2)c1. The number of imide groups is 1. The second-order valence-corrected chi connectivity index (χ2v) is 6.31. The van der Waals surface area contributed by atoms with Crippen molar-refractivity contribution in [3.05, 3.63) is 41.7 Å². The number of hydrogen-bond donors (Lipinski definition) is 0. The van der Waals surface area contributed by atoms with Gasteiger partial charge in [-0.3, -0.25) is 9.59 Å². The molecule has 0 spiro atoms. The van der Waals surface area contributed by atoms with Crippen molar-refractivity contribution in [1.82, 2.24) is 0 Å². The Morgan fingerprint density at radius 3 is 2.14 bits per heavy atom. The van der Waals surface area contributed by atoms with E-state index in [1.807, 2.05) is 6.92 Å². The minimum absolute atomic E-state index is 0.110. The molecule has 2 bridgehead atoms. The summed E-state index contributed by atoms with van der Waals surface area (Å²) in [5.41, 5.74) is 0.946. The first-order valence-corrected chi connectivity index (χ1v) is 7.40. The molecule has 0 radical (unpaired) electrons. The smallest absolute Gasteiger partial charge is 0.238 e. The summed E-state index contributed by atoms with van der Waals surface area (Å²) in [6.45, 7) is 1.83. The maximum atomic E-state index is 14.1. The minimum atomic E-state index is -0.513. The summed E-state index contributed by atoms with van der Waals surface area (Å²) in [5, 5.41) is 0. The van der Waals surface area contributed by atoms with Crippen LogP contribution in [0, 0.1) is 36.4 Å². The first-order valence-electron chi connectivity index (χ1n) is 7.40. The fraction of sp³-hybridized carbons (Fsp3) is 0.412. The first kappa shape index (κ1) is 12.7. The third-order valence-electron chi connectivity index (χ3n) is 5.10. The number of hydrogen-bond acceptors (Lipinski definition) is 2. The Morgan fingerprint density at radius 2 is 1.62 bits per heavy atom. The second kappa shape index (κ2) is 4.26. The van der Waals surface area contributed by atoms with Crippen molar-refractivity contribution in [2.24, 2.45) is 23.7 Å². The number of carbonyl (C=O) groups is 2. The van der Waals surface area contributed by atoms with E-state index >= 15 is 0 Å². The maximum absolute atomic E-state index is 14.1. The number of halogens is 1. The molecule has 0 unspecified atom stereocenters. The molecule has 0 aromatic heterocycles. The molecule has 4 atom stereocenters. The molecule has 2 amide bonds. The Hall–Kier alpha value is -1.97. The standard InChI is InChI=1S/C17H16FNO2/c1-9-2-7-12(18)13(8-9)19-16(20)14-10-3-4-11(6-5-10)15(14)17(19)21/h2-4,7-8,10-11,14-15H,5-6H2,1H3/t10-,11+,14-,15+. The third kappa shape index (κ3) is 1.65. The van der Waals surface area contributed by atoms with Crippen molar-refractivity contribution in [3.63, 3.8) is 0 Å². The first-order chi connectivity index (χ1) is 10.1. The van der Waals surface area contributed by atoms with Gasteiger partial charge in [0, 0.05) is 0 Å². The number of carbonyl (C=O) groups excluding carboxylic acids is 2. The molecule has 0 N–H and O–H groups in total. The van der Waals surface area contributed by atoms with Gasteiger partial charge in [-0.1, -0.05) is 18.2 Å². The quantitative estimate of drug-likeness (QED) is 0.588. The summed E-state index contributed by atoms with van der Waals surface area (Å²) in [5.74, 6) is -1.28. The van der Waals surface area contributed by atoms with Crippen LogP contribution in [0.15, 0.2) is 30.4 Å². The van der Waals surface area contributed by atoms with Crippen LogP contribution in [0.4, 0.5) is 10.1 Å². The molecule has 1 aromatic carbocycles. The van der Waals surface area contributed by atoms with Crippen molar-refractivity contribution in [2.75, 3.05) is 4.90 Å². The number of fused-ring (bicyclic) bond motifs is 1. The Bertz CT molecular complexity index is 649. The average Bonchev–Trinajstić information content (AvgIpc) is 2.77. The predicted octanol–water partition coefficient (Wildman–Crippen LogP) is 2.84. The van der Waals surface area contributed by atoms with E-state index in [2.05, 4.69) is 12.2 Å². The van der Waals surface area contributed by atoms with Gasteiger partial charge in [-0.05, 0) is 49.3 Å². The van der Waals surface area contributed by atoms with E-state index in [-0.39, 0.29) is 41.2 Å². The van der Waals surface area contributed by atoms with E-state index < -0.39 is 5.82 Å². The van der Waals surface area contributed by atoms with Crippen LogP contribution in [0.3, 0.4) is 0 Å². The lowest BCUT2D eigenvalue weighted by Crippen LogP contribution is -2.38. The lowest BCUT2D eigenvalue weighted by molar-refractivity contribution is -0.124. The Morgan fingerprint density at radius 1 is 1.05 bits per heavy atom. The highest BCUT2D eigenvalue weighted by atomic mass is 19.1. The highest BCUT2D eigenvalue weighted by molar-refractivity contribution is 6.22. The average molecular weight is 285 g/mol. The van der Waals surface area contributed by atoms with Gasteiger partial charge in [-0.15, -0.1) is 0 Å². The molecule has 3 nitrogen and oxygen atoms in total. The zero-order valence-electron chi connectivity index (χ0n) is 11.8. The van der Waals surface area contributed by atoms with Gasteiger partial charge in [-0.2, -0.15) is 0 Å². The lowest BCUT2D eigenvalue weighted by atomic mass is 9.63. The summed E-state index contributed by atoms with van der Waals surface area (Å²) in [4.78, 5) is 26.5. The van der Waals surface area contributed by atoms with E-state index in [9.17, 15) is 14.0 Å². The summed E-state index contributed by atoms with van der Waals surface area (Å²) >= 11 is 0. The second-order valence-electron chi connectivity index (χ2n) is 6.31. The van der Waals surface area contributed by atoms with Crippen molar-refractivity contribution in [1.29, 1.82) is 0 Å². The molecule has 108 valence electrons. The number of aryl methyl sites for hydroxylation is 1. The molecule has 1 aromatic rings. The molecule has 1 heterocycles. The Kier molecular flexibility index (Phi) is 2.59. The van der Waals surface area contributed by atoms with E-state index in [0.29, 0.717) is 0 Å². The van der Waals surface area contributed by atoms with Gasteiger partial charge in [0.1, 0.15) is 5.82 Å². The van der Waals surface area contributed by atoms with Crippen molar-refractivity contribution in [3.8, 4) is 0 Å².